The van der Waals surface area contributed by atoms with Gasteiger partial charge in [-0.25, -0.2) is 0 Å². The van der Waals surface area contributed by atoms with Gasteiger partial charge in [0.1, 0.15) is 24.0 Å². The summed E-state index contributed by atoms with van der Waals surface area (Å²) in [5, 5.41) is 12.2. The Morgan fingerprint density at radius 2 is 1.62 bits per heavy atom. The van der Waals surface area contributed by atoms with Gasteiger partial charge in [0.15, 0.2) is 0 Å². The van der Waals surface area contributed by atoms with E-state index in [1.54, 1.807) is 50.5 Å². The van der Waals surface area contributed by atoms with Gasteiger partial charge in [-0.1, -0.05) is 48.5 Å². The Kier molecular flexibility index (Phi) is 7.39. The maximum absolute atomic E-state index is 12.6. The average Bonchev–Trinajstić information content (AvgIpc) is 2.82. The number of anilines is 1. The first-order chi connectivity index (χ1) is 15.5. The summed E-state index contributed by atoms with van der Waals surface area (Å²) < 4.78 is 5.90. The number of hydrogen-bond acceptors (Lipinski definition) is 4. The van der Waals surface area contributed by atoms with Crippen molar-refractivity contribution in [2.24, 2.45) is 0 Å². The summed E-state index contributed by atoms with van der Waals surface area (Å²) in [7, 11) is 3.34. The number of para-hydroxylation sites is 1. The first kappa shape index (κ1) is 22.3. The molecule has 6 heteroatoms. The minimum absolute atomic E-state index is 0.0609. The molecule has 0 atom stereocenters. The number of benzene rings is 3. The van der Waals surface area contributed by atoms with Crippen molar-refractivity contribution >= 4 is 23.6 Å². The molecule has 32 heavy (non-hydrogen) atoms. The van der Waals surface area contributed by atoms with Crippen LogP contribution in [-0.4, -0.2) is 30.8 Å². The molecule has 0 fully saturated rings. The van der Waals surface area contributed by atoms with Crippen LogP contribution >= 0.6 is 0 Å². The fourth-order valence-corrected chi connectivity index (χ4v) is 2.92. The normalized spacial score (nSPS) is 10.7. The number of carbonyl (C=O) groups excluding carboxylic acids is 2. The van der Waals surface area contributed by atoms with E-state index in [1.807, 2.05) is 48.5 Å². The molecule has 0 bridgehead atoms. The molecule has 0 aliphatic rings. The van der Waals surface area contributed by atoms with Gasteiger partial charge in [0.25, 0.3) is 11.8 Å². The van der Waals surface area contributed by atoms with E-state index in [9.17, 15) is 14.9 Å². The highest BCUT2D eigenvalue weighted by atomic mass is 16.5. The topological polar surface area (TPSA) is 82.4 Å². The van der Waals surface area contributed by atoms with Gasteiger partial charge in [-0.2, -0.15) is 5.26 Å². The zero-order valence-corrected chi connectivity index (χ0v) is 17.9. The zero-order valence-electron chi connectivity index (χ0n) is 17.9. The molecule has 0 saturated carbocycles. The zero-order chi connectivity index (χ0) is 22.9. The quantitative estimate of drug-likeness (QED) is 0.446. The third-order valence-corrected chi connectivity index (χ3v) is 4.62. The van der Waals surface area contributed by atoms with Crippen LogP contribution in [0.1, 0.15) is 21.5 Å². The number of nitrogens with zero attached hydrogens (tertiary/aromatic N) is 2. The molecule has 0 aromatic heterocycles. The number of amides is 2. The minimum atomic E-state index is -0.544. The Hall–Kier alpha value is -4.37. The van der Waals surface area contributed by atoms with Crippen molar-refractivity contribution in [2.75, 3.05) is 19.4 Å². The molecule has 2 amide bonds. The number of nitriles is 1. The van der Waals surface area contributed by atoms with Crippen LogP contribution in [0.25, 0.3) is 6.08 Å². The molecule has 0 unspecified atom stereocenters. The molecule has 0 heterocycles. The second-order valence-corrected chi connectivity index (χ2v) is 7.21. The van der Waals surface area contributed by atoms with E-state index < -0.39 is 5.91 Å². The standard InChI is InChI=1S/C26H23N3O3/c1-29(2)26(31)20-12-14-23(15-13-20)28-25(30)22(17-27)16-21-10-6-7-11-24(21)32-18-19-8-4-3-5-9-19/h3-16H,18H2,1-2H3,(H,28,30)/b22-16+. The van der Waals surface area contributed by atoms with Crippen LogP contribution in [0.2, 0.25) is 0 Å². The summed E-state index contributed by atoms with van der Waals surface area (Å²) in [4.78, 5) is 26.1. The minimum Gasteiger partial charge on any atom is -0.488 e. The summed E-state index contributed by atoms with van der Waals surface area (Å²) in [6.07, 6.45) is 1.50. The highest BCUT2D eigenvalue weighted by molar-refractivity contribution is 6.10. The van der Waals surface area contributed by atoms with E-state index in [2.05, 4.69) is 5.32 Å². The molecule has 3 aromatic carbocycles. The molecule has 160 valence electrons. The molecular weight excluding hydrogens is 402 g/mol. The molecule has 3 aromatic rings. The number of carbonyl (C=O) groups is 2. The van der Waals surface area contributed by atoms with E-state index in [1.165, 1.54) is 11.0 Å². The van der Waals surface area contributed by atoms with Crippen molar-refractivity contribution < 1.29 is 14.3 Å². The highest BCUT2D eigenvalue weighted by Crippen LogP contribution is 2.23. The third kappa shape index (κ3) is 5.83. The Morgan fingerprint density at radius 3 is 2.28 bits per heavy atom. The van der Waals surface area contributed by atoms with Crippen LogP contribution in [0.15, 0.2) is 84.4 Å². The van der Waals surface area contributed by atoms with E-state index in [4.69, 9.17) is 4.74 Å². The lowest BCUT2D eigenvalue weighted by molar-refractivity contribution is -0.112. The summed E-state index contributed by atoms with van der Waals surface area (Å²) >= 11 is 0. The van der Waals surface area contributed by atoms with Gasteiger partial charge >= 0.3 is 0 Å². The van der Waals surface area contributed by atoms with Crippen LogP contribution in [0, 0.1) is 11.3 Å². The van der Waals surface area contributed by atoms with Crippen molar-refractivity contribution in [3.05, 3.63) is 101 Å². The van der Waals surface area contributed by atoms with Gasteiger partial charge in [-0.15, -0.1) is 0 Å². The lowest BCUT2D eigenvalue weighted by Gasteiger charge is -2.11. The largest absolute Gasteiger partial charge is 0.488 e. The van der Waals surface area contributed by atoms with Gasteiger partial charge in [0.2, 0.25) is 0 Å². The third-order valence-electron chi connectivity index (χ3n) is 4.62. The molecule has 0 saturated heterocycles. The second-order valence-electron chi connectivity index (χ2n) is 7.21. The molecule has 6 nitrogen and oxygen atoms in total. The first-order valence-electron chi connectivity index (χ1n) is 9.98. The van der Waals surface area contributed by atoms with E-state index in [0.29, 0.717) is 29.2 Å². The Bertz CT molecular complexity index is 1160. The fraction of sp³-hybridized carbons (Fsp3) is 0.115. The van der Waals surface area contributed by atoms with Gasteiger partial charge in [-0.3, -0.25) is 9.59 Å². The van der Waals surface area contributed by atoms with Crippen LogP contribution in [-0.2, 0) is 11.4 Å². The number of hydrogen-bond donors (Lipinski definition) is 1. The van der Waals surface area contributed by atoms with Gasteiger partial charge in [-0.05, 0) is 42.0 Å². The molecule has 0 radical (unpaired) electrons. The predicted octanol–water partition coefficient (Wildman–Crippen LogP) is 4.51. The molecule has 0 spiro atoms. The first-order valence-corrected chi connectivity index (χ1v) is 9.98. The molecule has 3 rings (SSSR count). The molecule has 1 N–H and O–H groups in total. The van der Waals surface area contributed by atoms with Crippen LogP contribution in [0.4, 0.5) is 5.69 Å². The van der Waals surface area contributed by atoms with Crippen LogP contribution < -0.4 is 10.1 Å². The van der Waals surface area contributed by atoms with Gasteiger partial charge in [0, 0.05) is 30.9 Å². The monoisotopic (exact) mass is 425 g/mol. The Labute approximate surface area is 187 Å². The molecule has 0 aliphatic heterocycles. The number of ether oxygens (including phenoxy) is 1. The van der Waals surface area contributed by atoms with Crippen molar-refractivity contribution in [3.63, 3.8) is 0 Å². The molecular formula is C26H23N3O3. The van der Waals surface area contributed by atoms with Gasteiger partial charge in [0.05, 0.1) is 0 Å². The summed E-state index contributed by atoms with van der Waals surface area (Å²) in [6, 6.07) is 25.4. The van der Waals surface area contributed by atoms with Gasteiger partial charge < -0.3 is 15.0 Å². The summed E-state index contributed by atoms with van der Waals surface area (Å²) in [5.41, 5.74) is 2.57. The fourth-order valence-electron chi connectivity index (χ4n) is 2.92. The summed E-state index contributed by atoms with van der Waals surface area (Å²) in [5.74, 6) is -0.104. The number of nitrogens with one attached hydrogen (secondary N) is 1. The van der Waals surface area contributed by atoms with E-state index in [0.717, 1.165) is 5.56 Å². The summed E-state index contributed by atoms with van der Waals surface area (Å²) in [6.45, 7) is 0.373. The molecule has 0 aliphatic carbocycles. The van der Waals surface area contributed by atoms with Crippen molar-refractivity contribution in [2.45, 2.75) is 6.61 Å². The maximum Gasteiger partial charge on any atom is 0.266 e. The van der Waals surface area contributed by atoms with Crippen LogP contribution in [0.3, 0.4) is 0 Å². The maximum atomic E-state index is 12.6. The lowest BCUT2D eigenvalue weighted by Crippen LogP contribution is -2.21. The van der Waals surface area contributed by atoms with Crippen molar-refractivity contribution in [1.29, 1.82) is 5.26 Å². The van der Waals surface area contributed by atoms with E-state index >= 15 is 0 Å². The second kappa shape index (κ2) is 10.6. The Balaban J connectivity index is 1.74. The Morgan fingerprint density at radius 1 is 0.969 bits per heavy atom. The van der Waals surface area contributed by atoms with E-state index in [-0.39, 0.29) is 11.5 Å². The smallest absolute Gasteiger partial charge is 0.266 e. The SMILES string of the molecule is CN(C)C(=O)c1ccc(NC(=O)/C(C#N)=C/c2ccccc2OCc2ccccc2)cc1. The average molecular weight is 425 g/mol. The number of rotatable bonds is 7. The highest BCUT2D eigenvalue weighted by Gasteiger charge is 2.13. The van der Waals surface area contributed by atoms with Crippen LogP contribution in [0.5, 0.6) is 5.75 Å². The lowest BCUT2D eigenvalue weighted by atomic mass is 10.1. The predicted molar refractivity (Wildman–Crippen MR) is 124 cm³/mol. The van der Waals surface area contributed by atoms with Crippen molar-refractivity contribution in [1.82, 2.24) is 4.90 Å². The van der Waals surface area contributed by atoms with Crippen molar-refractivity contribution in [3.8, 4) is 11.8 Å².